The largest absolute Gasteiger partial charge is 0.289 e. The predicted octanol–water partition coefficient (Wildman–Crippen LogP) is 5.15. The molecule has 2 aromatic carbocycles. The van der Waals surface area contributed by atoms with E-state index in [1.165, 1.54) is 5.56 Å². The minimum absolute atomic E-state index is 0.0509. The molecule has 0 heterocycles. The fourth-order valence-corrected chi connectivity index (χ4v) is 2.57. The van der Waals surface area contributed by atoms with Crippen molar-refractivity contribution in [1.29, 1.82) is 0 Å². The molecule has 98 valence electrons. The molecule has 2 aromatic rings. The van der Waals surface area contributed by atoms with Crippen molar-refractivity contribution in [3.8, 4) is 0 Å². The smallest absolute Gasteiger partial charge is 0.193 e. The van der Waals surface area contributed by atoms with Crippen molar-refractivity contribution >= 4 is 29.0 Å². The van der Waals surface area contributed by atoms with Gasteiger partial charge >= 0.3 is 0 Å². The molecule has 0 saturated heterocycles. The van der Waals surface area contributed by atoms with E-state index < -0.39 is 0 Å². The van der Waals surface area contributed by atoms with E-state index in [1.54, 1.807) is 18.2 Å². The minimum Gasteiger partial charge on any atom is -0.289 e. The van der Waals surface area contributed by atoms with Crippen LogP contribution in [0.4, 0.5) is 0 Å². The molecule has 0 aliphatic heterocycles. The second-order valence-electron chi connectivity index (χ2n) is 4.74. The maximum absolute atomic E-state index is 12.5. The van der Waals surface area contributed by atoms with Crippen LogP contribution < -0.4 is 0 Å². The molecule has 0 N–H and O–H groups in total. The highest BCUT2D eigenvalue weighted by atomic mass is 35.5. The highest BCUT2D eigenvalue weighted by molar-refractivity contribution is 6.35. The van der Waals surface area contributed by atoms with Gasteiger partial charge in [0, 0.05) is 21.2 Å². The maximum Gasteiger partial charge on any atom is 0.193 e. The Morgan fingerprint density at radius 3 is 1.89 bits per heavy atom. The molecule has 0 radical (unpaired) electrons. The van der Waals surface area contributed by atoms with Crippen LogP contribution in [0.25, 0.3) is 0 Å². The second-order valence-corrected chi connectivity index (χ2v) is 5.61. The molecule has 0 atom stereocenters. The molecule has 2 rings (SSSR count). The van der Waals surface area contributed by atoms with Gasteiger partial charge in [0.05, 0.1) is 0 Å². The summed E-state index contributed by atoms with van der Waals surface area (Å²) in [6, 6.07) is 8.85. The zero-order valence-corrected chi connectivity index (χ0v) is 12.6. The number of ketones is 1. The molecule has 0 saturated carbocycles. The number of hydrogen-bond donors (Lipinski definition) is 0. The van der Waals surface area contributed by atoms with Crippen molar-refractivity contribution in [1.82, 2.24) is 0 Å². The van der Waals surface area contributed by atoms with Crippen molar-refractivity contribution in [3.63, 3.8) is 0 Å². The lowest BCUT2D eigenvalue weighted by Crippen LogP contribution is -2.05. The first kappa shape index (κ1) is 14.1. The molecule has 0 aromatic heterocycles. The van der Waals surface area contributed by atoms with Crippen LogP contribution >= 0.6 is 23.2 Å². The normalized spacial score (nSPS) is 10.6. The first-order valence-electron chi connectivity index (χ1n) is 5.97. The van der Waals surface area contributed by atoms with E-state index in [4.69, 9.17) is 23.2 Å². The zero-order chi connectivity index (χ0) is 14.2. The Morgan fingerprint density at radius 2 is 1.32 bits per heavy atom. The molecule has 0 amide bonds. The summed E-state index contributed by atoms with van der Waals surface area (Å²) in [5, 5.41) is 0.940. The van der Waals surface area contributed by atoms with Gasteiger partial charge in [0.1, 0.15) is 0 Å². The zero-order valence-electron chi connectivity index (χ0n) is 11.1. The Balaban J connectivity index is 2.53. The molecule has 3 heteroatoms. The standard InChI is InChI=1S/C16H14Cl2O/c1-9-4-11(3)15(5-10(9)2)16(19)12-6-13(17)8-14(18)7-12/h4-8H,1-3H3. The van der Waals surface area contributed by atoms with E-state index in [-0.39, 0.29) is 5.78 Å². The highest BCUT2D eigenvalue weighted by Gasteiger charge is 2.14. The van der Waals surface area contributed by atoms with E-state index in [9.17, 15) is 4.79 Å². The van der Waals surface area contributed by atoms with Gasteiger partial charge in [-0.3, -0.25) is 4.79 Å². The van der Waals surface area contributed by atoms with Gasteiger partial charge in [-0.25, -0.2) is 0 Å². The first-order chi connectivity index (χ1) is 8.88. The summed E-state index contributed by atoms with van der Waals surface area (Å²) in [6.45, 7) is 5.97. The lowest BCUT2D eigenvalue weighted by atomic mass is 9.95. The SMILES string of the molecule is Cc1cc(C)c(C(=O)c2cc(Cl)cc(Cl)c2)cc1C. The molecule has 19 heavy (non-hydrogen) atoms. The van der Waals surface area contributed by atoms with E-state index in [2.05, 4.69) is 0 Å². The van der Waals surface area contributed by atoms with Crippen LogP contribution in [-0.2, 0) is 0 Å². The van der Waals surface area contributed by atoms with Gasteiger partial charge in [0.15, 0.2) is 5.78 Å². The van der Waals surface area contributed by atoms with Gasteiger partial charge in [0.25, 0.3) is 0 Å². The lowest BCUT2D eigenvalue weighted by molar-refractivity contribution is 0.103. The molecular formula is C16H14Cl2O. The van der Waals surface area contributed by atoms with Crippen molar-refractivity contribution in [3.05, 3.63) is 68.2 Å². The predicted molar refractivity (Wildman–Crippen MR) is 80.5 cm³/mol. The number of hydrogen-bond acceptors (Lipinski definition) is 1. The Labute approximate surface area is 123 Å². The number of carbonyl (C=O) groups excluding carboxylic acids is 1. The molecule has 0 fully saturated rings. The van der Waals surface area contributed by atoms with E-state index >= 15 is 0 Å². The third-order valence-corrected chi connectivity index (χ3v) is 3.65. The van der Waals surface area contributed by atoms with Crippen LogP contribution in [0.5, 0.6) is 0 Å². The van der Waals surface area contributed by atoms with Gasteiger partial charge in [-0.1, -0.05) is 29.3 Å². The molecular weight excluding hydrogens is 279 g/mol. The minimum atomic E-state index is -0.0509. The summed E-state index contributed by atoms with van der Waals surface area (Å²) in [7, 11) is 0. The molecule has 0 spiro atoms. The first-order valence-corrected chi connectivity index (χ1v) is 6.72. The van der Waals surface area contributed by atoms with Gasteiger partial charge in [-0.15, -0.1) is 0 Å². The summed E-state index contributed by atoms with van der Waals surface area (Å²) >= 11 is 11.9. The summed E-state index contributed by atoms with van der Waals surface area (Å²) in [6.07, 6.45) is 0. The topological polar surface area (TPSA) is 17.1 Å². The Morgan fingerprint density at radius 1 is 0.789 bits per heavy atom. The lowest BCUT2D eigenvalue weighted by Gasteiger charge is -2.09. The average molecular weight is 293 g/mol. The van der Waals surface area contributed by atoms with Gasteiger partial charge in [-0.2, -0.15) is 0 Å². The number of rotatable bonds is 2. The molecule has 0 aliphatic carbocycles. The third-order valence-electron chi connectivity index (χ3n) is 3.21. The summed E-state index contributed by atoms with van der Waals surface area (Å²) in [4.78, 5) is 12.5. The maximum atomic E-state index is 12.5. The van der Waals surface area contributed by atoms with Crippen molar-refractivity contribution < 1.29 is 4.79 Å². The number of aryl methyl sites for hydroxylation is 3. The number of carbonyl (C=O) groups is 1. The second kappa shape index (κ2) is 5.36. The van der Waals surface area contributed by atoms with Gasteiger partial charge in [0.2, 0.25) is 0 Å². The van der Waals surface area contributed by atoms with Crippen LogP contribution in [0.1, 0.15) is 32.6 Å². The number of benzene rings is 2. The number of halogens is 2. The van der Waals surface area contributed by atoms with Crippen molar-refractivity contribution in [2.45, 2.75) is 20.8 Å². The van der Waals surface area contributed by atoms with Crippen LogP contribution in [0.3, 0.4) is 0 Å². The third kappa shape index (κ3) is 2.99. The van der Waals surface area contributed by atoms with Crippen LogP contribution in [0, 0.1) is 20.8 Å². The monoisotopic (exact) mass is 292 g/mol. The summed E-state index contributed by atoms with van der Waals surface area (Å²) in [5.74, 6) is -0.0509. The van der Waals surface area contributed by atoms with Crippen molar-refractivity contribution in [2.75, 3.05) is 0 Å². The Hall–Kier alpha value is -1.31. The van der Waals surface area contributed by atoms with E-state index in [0.29, 0.717) is 21.2 Å². The van der Waals surface area contributed by atoms with Crippen LogP contribution in [-0.4, -0.2) is 5.78 Å². The Kier molecular flexibility index (Phi) is 3.98. The molecule has 0 unspecified atom stereocenters. The fourth-order valence-electron chi connectivity index (χ4n) is 2.05. The summed E-state index contributed by atoms with van der Waals surface area (Å²) in [5.41, 5.74) is 4.45. The quantitative estimate of drug-likeness (QED) is 0.700. The Bertz CT molecular complexity index is 640. The van der Waals surface area contributed by atoms with Crippen LogP contribution in [0.2, 0.25) is 10.0 Å². The van der Waals surface area contributed by atoms with Gasteiger partial charge in [-0.05, 0) is 61.7 Å². The van der Waals surface area contributed by atoms with Crippen molar-refractivity contribution in [2.24, 2.45) is 0 Å². The average Bonchev–Trinajstić information content (AvgIpc) is 2.31. The molecule has 1 nitrogen and oxygen atoms in total. The van der Waals surface area contributed by atoms with E-state index in [1.807, 2.05) is 32.9 Å². The van der Waals surface area contributed by atoms with E-state index in [0.717, 1.165) is 11.1 Å². The van der Waals surface area contributed by atoms with Gasteiger partial charge < -0.3 is 0 Å². The molecule has 0 aliphatic rings. The fraction of sp³-hybridized carbons (Fsp3) is 0.188. The summed E-state index contributed by atoms with van der Waals surface area (Å²) < 4.78 is 0. The molecule has 0 bridgehead atoms. The highest BCUT2D eigenvalue weighted by Crippen LogP contribution is 2.23. The van der Waals surface area contributed by atoms with Crippen LogP contribution in [0.15, 0.2) is 30.3 Å².